The molecular formula is C25H31N3O3. The van der Waals surface area contributed by atoms with Gasteiger partial charge in [0.15, 0.2) is 11.5 Å². The number of fused-ring (bicyclic) bond motifs is 1. The van der Waals surface area contributed by atoms with Crippen LogP contribution in [0.1, 0.15) is 34.7 Å². The Morgan fingerprint density at radius 3 is 2.68 bits per heavy atom. The number of oxazole rings is 1. The first-order valence-electron chi connectivity index (χ1n) is 11.2. The van der Waals surface area contributed by atoms with E-state index in [1.54, 1.807) is 4.90 Å². The summed E-state index contributed by atoms with van der Waals surface area (Å²) in [5, 5.41) is 0. The third-order valence-corrected chi connectivity index (χ3v) is 5.82. The standard InChI is InChI=1S/C25H31N3O3/c1-27(13-5-6-14-28-15-17-30-18-16-28)25(29)21-10-11-23-22(19-21)26-24(31-23)12-9-20-7-3-2-4-8-20/h2-4,7-8,10-11,19H,5-6,9,12-18H2,1H3. The number of rotatable bonds is 9. The first-order valence-corrected chi connectivity index (χ1v) is 11.2. The van der Waals surface area contributed by atoms with Crippen molar-refractivity contribution in [2.75, 3.05) is 46.4 Å². The molecule has 1 aliphatic rings. The molecule has 1 amide bonds. The SMILES string of the molecule is CN(CCCCN1CCOCC1)C(=O)c1ccc2oc(CCc3ccccc3)nc2c1. The van der Waals surface area contributed by atoms with E-state index in [4.69, 9.17) is 9.15 Å². The third kappa shape index (κ3) is 5.93. The largest absolute Gasteiger partial charge is 0.441 e. The molecule has 1 aliphatic heterocycles. The predicted molar refractivity (Wildman–Crippen MR) is 121 cm³/mol. The number of nitrogens with zero attached hydrogens (tertiary/aromatic N) is 3. The summed E-state index contributed by atoms with van der Waals surface area (Å²) in [5.41, 5.74) is 3.39. The molecule has 0 N–H and O–H groups in total. The number of unbranched alkanes of at least 4 members (excludes halogenated alkanes) is 1. The molecular weight excluding hydrogens is 390 g/mol. The second-order valence-corrected chi connectivity index (χ2v) is 8.16. The van der Waals surface area contributed by atoms with Crippen molar-refractivity contribution in [3.63, 3.8) is 0 Å². The smallest absolute Gasteiger partial charge is 0.253 e. The molecule has 1 saturated heterocycles. The van der Waals surface area contributed by atoms with E-state index in [-0.39, 0.29) is 5.91 Å². The van der Waals surface area contributed by atoms with Crippen molar-refractivity contribution in [1.82, 2.24) is 14.8 Å². The quantitative estimate of drug-likeness (QED) is 0.492. The number of hydrogen-bond donors (Lipinski definition) is 0. The first kappa shape index (κ1) is 21.5. The molecule has 1 fully saturated rings. The number of amides is 1. The van der Waals surface area contributed by atoms with Crippen LogP contribution >= 0.6 is 0 Å². The Hall–Kier alpha value is -2.70. The average molecular weight is 422 g/mol. The summed E-state index contributed by atoms with van der Waals surface area (Å²) in [4.78, 5) is 21.7. The van der Waals surface area contributed by atoms with Gasteiger partial charge in [0.1, 0.15) is 5.52 Å². The number of carbonyl (C=O) groups is 1. The van der Waals surface area contributed by atoms with Crippen molar-refractivity contribution >= 4 is 17.0 Å². The molecule has 31 heavy (non-hydrogen) atoms. The van der Waals surface area contributed by atoms with Crippen molar-refractivity contribution in [3.8, 4) is 0 Å². The minimum absolute atomic E-state index is 0.0297. The summed E-state index contributed by atoms with van der Waals surface area (Å²) in [6.45, 7) is 5.51. The van der Waals surface area contributed by atoms with Crippen molar-refractivity contribution in [1.29, 1.82) is 0 Å². The summed E-state index contributed by atoms with van der Waals surface area (Å²) in [6.07, 6.45) is 3.71. The lowest BCUT2D eigenvalue weighted by molar-refractivity contribution is 0.0369. The topological polar surface area (TPSA) is 58.8 Å². The van der Waals surface area contributed by atoms with Gasteiger partial charge in [-0.05, 0) is 49.6 Å². The zero-order valence-electron chi connectivity index (χ0n) is 18.3. The molecule has 0 unspecified atom stereocenters. The van der Waals surface area contributed by atoms with Crippen LogP contribution in [0.25, 0.3) is 11.1 Å². The van der Waals surface area contributed by atoms with Gasteiger partial charge >= 0.3 is 0 Å². The molecule has 0 aliphatic carbocycles. The van der Waals surface area contributed by atoms with Crippen LogP contribution in [0.5, 0.6) is 0 Å². The molecule has 3 aromatic rings. The Morgan fingerprint density at radius 2 is 1.87 bits per heavy atom. The molecule has 0 radical (unpaired) electrons. The second kappa shape index (κ2) is 10.6. The molecule has 2 aromatic carbocycles. The van der Waals surface area contributed by atoms with Crippen LogP contribution in [0.15, 0.2) is 52.9 Å². The van der Waals surface area contributed by atoms with E-state index in [2.05, 4.69) is 22.0 Å². The average Bonchev–Trinajstić information content (AvgIpc) is 3.23. The number of morpholine rings is 1. The lowest BCUT2D eigenvalue weighted by Gasteiger charge is -2.26. The van der Waals surface area contributed by atoms with E-state index in [1.807, 2.05) is 43.4 Å². The van der Waals surface area contributed by atoms with Crippen LogP contribution in [0.3, 0.4) is 0 Å². The van der Waals surface area contributed by atoms with E-state index in [0.717, 1.165) is 76.2 Å². The van der Waals surface area contributed by atoms with Gasteiger partial charge in [-0.3, -0.25) is 9.69 Å². The maximum atomic E-state index is 12.8. The third-order valence-electron chi connectivity index (χ3n) is 5.82. The van der Waals surface area contributed by atoms with Crippen LogP contribution in [-0.4, -0.2) is 67.1 Å². The summed E-state index contributed by atoms with van der Waals surface area (Å²) < 4.78 is 11.3. The lowest BCUT2D eigenvalue weighted by Crippen LogP contribution is -2.37. The number of ether oxygens (including phenoxy) is 1. The Kier molecular flexibility index (Phi) is 7.33. The fraction of sp³-hybridized carbons (Fsp3) is 0.440. The summed E-state index contributed by atoms with van der Waals surface area (Å²) in [6, 6.07) is 15.8. The van der Waals surface area contributed by atoms with Gasteiger partial charge in [0.05, 0.1) is 13.2 Å². The molecule has 0 saturated carbocycles. The van der Waals surface area contributed by atoms with E-state index >= 15 is 0 Å². The molecule has 0 atom stereocenters. The second-order valence-electron chi connectivity index (χ2n) is 8.16. The van der Waals surface area contributed by atoms with Crippen LogP contribution in [0.4, 0.5) is 0 Å². The maximum absolute atomic E-state index is 12.8. The van der Waals surface area contributed by atoms with Gasteiger partial charge in [0.25, 0.3) is 5.91 Å². The fourth-order valence-electron chi connectivity index (χ4n) is 3.94. The van der Waals surface area contributed by atoms with Crippen LogP contribution in [0, 0.1) is 0 Å². The van der Waals surface area contributed by atoms with E-state index in [0.29, 0.717) is 11.5 Å². The van der Waals surface area contributed by atoms with Gasteiger partial charge < -0.3 is 14.1 Å². The van der Waals surface area contributed by atoms with E-state index < -0.39 is 0 Å². The van der Waals surface area contributed by atoms with Gasteiger partial charge in [-0.2, -0.15) is 0 Å². The van der Waals surface area contributed by atoms with Gasteiger partial charge in [0.2, 0.25) is 0 Å². The monoisotopic (exact) mass is 421 g/mol. The van der Waals surface area contributed by atoms with Crippen molar-refractivity contribution in [2.45, 2.75) is 25.7 Å². The highest BCUT2D eigenvalue weighted by Gasteiger charge is 2.15. The van der Waals surface area contributed by atoms with Crippen LogP contribution in [0.2, 0.25) is 0 Å². The summed E-state index contributed by atoms with van der Waals surface area (Å²) in [7, 11) is 1.87. The minimum atomic E-state index is 0.0297. The molecule has 0 spiro atoms. The van der Waals surface area contributed by atoms with Gasteiger partial charge in [-0.1, -0.05) is 30.3 Å². The lowest BCUT2D eigenvalue weighted by atomic mass is 10.1. The van der Waals surface area contributed by atoms with Crippen molar-refractivity contribution < 1.29 is 13.9 Å². The number of aromatic nitrogens is 1. The molecule has 0 bridgehead atoms. The highest BCUT2D eigenvalue weighted by Crippen LogP contribution is 2.19. The van der Waals surface area contributed by atoms with Crippen LogP contribution in [-0.2, 0) is 17.6 Å². The molecule has 1 aromatic heterocycles. The molecule has 164 valence electrons. The molecule has 6 nitrogen and oxygen atoms in total. The fourth-order valence-corrected chi connectivity index (χ4v) is 3.94. The maximum Gasteiger partial charge on any atom is 0.253 e. The Bertz CT molecular complexity index is 980. The number of aryl methyl sites for hydroxylation is 2. The Balaban J connectivity index is 1.29. The van der Waals surface area contributed by atoms with Gasteiger partial charge in [-0.25, -0.2) is 4.98 Å². The molecule has 2 heterocycles. The highest BCUT2D eigenvalue weighted by molar-refractivity contribution is 5.96. The first-order chi connectivity index (χ1) is 15.2. The van der Waals surface area contributed by atoms with Gasteiger partial charge in [-0.15, -0.1) is 0 Å². The number of benzene rings is 2. The zero-order valence-corrected chi connectivity index (χ0v) is 18.3. The number of carbonyl (C=O) groups excluding carboxylic acids is 1. The van der Waals surface area contributed by atoms with Crippen LogP contribution < -0.4 is 0 Å². The normalized spacial score (nSPS) is 14.7. The summed E-state index contributed by atoms with van der Waals surface area (Å²) in [5.74, 6) is 0.738. The van der Waals surface area contributed by atoms with Crippen molar-refractivity contribution in [3.05, 3.63) is 65.5 Å². The van der Waals surface area contributed by atoms with E-state index in [1.165, 1.54) is 5.56 Å². The Morgan fingerprint density at radius 1 is 1.06 bits per heavy atom. The van der Waals surface area contributed by atoms with Crippen molar-refractivity contribution in [2.24, 2.45) is 0 Å². The zero-order chi connectivity index (χ0) is 21.5. The summed E-state index contributed by atoms with van der Waals surface area (Å²) >= 11 is 0. The highest BCUT2D eigenvalue weighted by atomic mass is 16.5. The van der Waals surface area contributed by atoms with E-state index in [9.17, 15) is 4.79 Å². The minimum Gasteiger partial charge on any atom is -0.441 e. The molecule has 6 heteroatoms. The molecule has 4 rings (SSSR count). The number of hydrogen-bond acceptors (Lipinski definition) is 5. The Labute approximate surface area is 183 Å². The predicted octanol–water partition coefficient (Wildman–Crippen LogP) is 3.80. The van der Waals surface area contributed by atoms with Gasteiger partial charge in [0, 0.05) is 38.7 Å².